The average Bonchev–Trinajstić information content (AvgIpc) is 2.11. The predicted octanol–water partition coefficient (Wildman–Crippen LogP) is 1.81. The fourth-order valence-corrected chi connectivity index (χ4v) is 1.32. The minimum Gasteiger partial charge on any atom is -0.372 e. The van der Waals surface area contributed by atoms with Crippen LogP contribution < -0.4 is 0 Å². The fourth-order valence-electron chi connectivity index (χ4n) is 0.891. The van der Waals surface area contributed by atoms with Gasteiger partial charge in [-0.15, -0.1) is 0 Å². The van der Waals surface area contributed by atoms with Gasteiger partial charge in [-0.3, -0.25) is 4.79 Å². The summed E-state index contributed by atoms with van der Waals surface area (Å²) in [5.74, 6) is -0.645. The summed E-state index contributed by atoms with van der Waals surface area (Å²) in [5.41, 5.74) is 0. The molecule has 0 aromatic heterocycles. The van der Waals surface area contributed by atoms with Gasteiger partial charge in [0.15, 0.2) is 0 Å². The molecule has 0 rings (SSSR count). The van der Waals surface area contributed by atoms with Crippen LogP contribution in [0.5, 0.6) is 0 Å². The van der Waals surface area contributed by atoms with E-state index in [1.165, 1.54) is 0 Å². The molecule has 0 bridgehead atoms. The van der Waals surface area contributed by atoms with Crippen molar-refractivity contribution in [2.45, 2.75) is 13.1 Å². The molecule has 1 amide bonds. The number of ether oxygens (including phenoxy) is 1. The molecule has 0 spiro atoms. The van der Waals surface area contributed by atoms with E-state index in [1.54, 1.807) is 6.92 Å². The largest absolute Gasteiger partial charge is 0.406 e. The number of hydrogen-bond acceptors (Lipinski definition) is 2. The number of amides is 1. The Kier molecular flexibility index (Phi) is 6.91. The molecule has 0 aliphatic heterocycles. The average molecular weight is 292 g/mol. The Morgan fingerprint density at radius 2 is 2.07 bits per heavy atom. The van der Waals surface area contributed by atoms with Crippen molar-refractivity contribution >= 4 is 21.8 Å². The second kappa shape index (κ2) is 7.05. The third-order valence-corrected chi connectivity index (χ3v) is 1.86. The highest BCUT2D eigenvalue weighted by Crippen LogP contribution is 2.16. The van der Waals surface area contributed by atoms with Gasteiger partial charge in [0.1, 0.15) is 13.2 Å². The van der Waals surface area contributed by atoms with Crippen molar-refractivity contribution in [2.75, 3.05) is 31.6 Å². The number of halogens is 4. The first kappa shape index (κ1) is 14.7. The monoisotopic (exact) mass is 291 g/mol. The highest BCUT2D eigenvalue weighted by molar-refractivity contribution is 9.09. The highest BCUT2D eigenvalue weighted by atomic mass is 79.9. The molecule has 0 aliphatic rings. The third kappa shape index (κ3) is 7.61. The molecule has 0 fully saturated rings. The van der Waals surface area contributed by atoms with Crippen LogP contribution in [0.25, 0.3) is 0 Å². The second-order valence-corrected chi connectivity index (χ2v) is 3.55. The number of hydrogen-bond donors (Lipinski definition) is 0. The first-order chi connectivity index (χ1) is 6.90. The fraction of sp³-hybridized carbons (Fsp3) is 0.875. The molecule has 0 unspecified atom stereocenters. The van der Waals surface area contributed by atoms with E-state index < -0.39 is 18.6 Å². The van der Waals surface area contributed by atoms with Gasteiger partial charge < -0.3 is 9.64 Å². The molecule has 0 saturated heterocycles. The zero-order valence-electron chi connectivity index (χ0n) is 8.31. The number of carbonyl (C=O) groups is 1. The van der Waals surface area contributed by atoms with Crippen LogP contribution in [0.3, 0.4) is 0 Å². The Morgan fingerprint density at radius 3 is 2.47 bits per heavy atom. The Bertz CT molecular complexity index is 199. The zero-order chi connectivity index (χ0) is 11.9. The molecular formula is C8H13BrF3NO2. The molecule has 0 aromatic carbocycles. The van der Waals surface area contributed by atoms with E-state index in [0.29, 0.717) is 11.9 Å². The van der Waals surface area contributed by atoms with Crippen LogP contribution in [0, 0.1) is 0 Å². The topological polar surface area (TPSA) is 29.5 Å². The van der Waals surface area contributed by atoms with Crippen molar-refractivity contribution in [1.82, 2.24) is 4.90 Å². The van der Waals surface area contributed by atoms with E-state index in [4.69, 9.17) is 4.74 Å². The number of carbonyl (C=O) groups excluding carboxylic acids is 1. The van der Waals surface area contributed by atoms with Crippen molar-refractivity contribution in [3.63, 3.8) is 0 Å². The predicted molar refractivity (Wildman–Crippen MR) is 52.9 cm³/mol. The van der Waals surface area contributed by atoms with E-state index in [-0.39, 0.29) is 13.2 Å². The smallest absolute Gasteiger partial charge is 0.372 e. The summed E-state index contributed by atoms with van der Waals surface area (Å²) in [7, 11) is 0. The van der Waals surface area contributed by atoms with Crippen molar-refractivity contribution in [3.05, 3.63) is 0 Å². The summed E-state index contributed by atoms with van der Waals surface area (Å²) in [4.78, 5) is 12.0. The summed E-state index contributed by atoms with van der Waals surface area (Å²) in [6.07, 6.45) is -4.37. The standard InChI is InChI=1S/C8H13BrF3NO2/c1-2-15-5-7(14)13(4-3-9)6-8(10,11)12/h2-6H2,1H3. The van der Waals surface area contributed by atoms with Crippen LogP contribution in [0.2, 0.25) is 0 Å². The minimum atomic E-state index is -4.37. The van der Waals surface area contributed by atoms with E-state index in [0.717, 1.165) is 4.90 Å². The Hall–Kier alpha value is -0.300. The Balaban J connectivity index is 4.18. The summed E-state index contributed by atoms with van der Waals surface area (Å²) in [6.45, 7) is 0.460. The van der Waals surface area contributed by atoms with Crippen molar-refractivity contribution in [1.29, 1.82) is 0 Å². The maximum atomic E-state index is 12.1. The van der Waals surface area contributed by atoms with Crippen molar-refractivity contribution in [2.24, 2.45) is 0 Å². The van der Waals surface area contributed by atoms with Gasteiger partial charge in [0.2, 0.25) is 5.91 Å². The Labute approximate surface area is 94.7 Å². The number of rotatable bonds is 6. The molecular weight excluding hydrogens is 279 g/mol. The van der Waals surface area contributed by atoms with Gasteiger partial charge in [-0.1, -0.05) is 15.9 Å². The molecule has 0 aromatic rings. The van der Waals surface area contributed by atoms with E-state index in [9.17, 15) is 18.0 Å². The van der Waals surface area contributed by atoms with Gasteiger partial charge in [-0.25, -0.2) is 0 Å². The number of nitrogens with zero attached hydrogens (tertiary/aromatic N) is 1. The molecule has 0 atom stereocenters. The quantitative estimate of drug-likeness (QED) is 0.699. The lowest BCUT2D eigenvalue weighted by molar-refractivity contribution is -0.163. The summed E-state index contributed by atoms with van der Waals surface area (Å²) >= 11 is 2.99. The van der Waals surface area contributed by atoms with Gasteiger partial charge in [-0.2, -0.15) is 13.2 Å². The van der Waals surface area contributed by atoms with Gasteiger partial charge in [0.05, 0.1) is 0 Å². The lowest BCUT2D eigenvalue weighted by Gasteiger charge is -2.22. The Morgan fingerprint density at radius 1 is 1.47 bits per heavy atom. The summed E-state index contributed by atoms with van der Waals surface area (Å²) < 4.78 is 40.9. The molecule has 0 aliphatic carbocycles. The van der Waals surface area contributed by atoms with Crippen LogP contribution in [0.15, 0.2) is 0 Å². The van der Waals surface area contributed by atoms with Crippen LogP contribution in [-0.2, 0) is 9.53 Å². The SMILES string of the molecule is CCOCC(=O)N(CCBr)CC(F)(F)F. The van der Waals surface area contributed by atoms with E-state index >= 15 is 0 Å². The molecule has 0 N–H and O–H groups in total. The summed E-state index contributed by atoms with van der Waals surface area (Å²) in [5, 5.41) is 0.306. The van der Waals surface area contributed by atoms with Crippen LogP contribution in [-0.4, -0.2) is 48.6 Å². The molecule has 15 heavy (non-hydrogen) atoms. The second-order valence-electron chi connectivity index (χ2n) is 2.76. The van der Waals surface area contributed by atoms with Crippen LogP contribution in [0.1, 0.15) is 6.92 Å². The van der Waals surface area contributed by atoms with Gasteiger partial charge in [-0.05, 0) is 6.92 Å². The lowest BCUT2D eigenvalue weighted by atomic mass is 10.4. The van der Waals surface area contributed by atoms with E-state index in [2.05, 4.69) is 15.9 Å². The first-order valence-electron chi connectivity index (χ1n) is 4.39. The molecule has 3 nitrogen and oxygen atoms in total. The maximum Gasteiger partial charge on any atom is 0.406 e. The molecule has 0 heterocycles. The van der Waals surface area contributed by atoms with Crippen molar-refractivity contribution in [3.8, 4) is 0 Å². The van der Waals surface area contributed by atoms with Gasteiger partial charge in [0.25, 0.3) is 0 Å². The maximum absolute atomic E-state index is 12.1. The number of alkyl halides is 4. The summed E-state index contributed by atoms with van der Waals surface area (Å²) in [6, 6.07) is 0. The highest BCUT2D eigenvalue weighted by Gasteiger charge is 2.32. The zero-order valence-corrected chi connectivity index (χ0v) is 9.90. The van der Waals surface area contributed by atoms with Gasteiger partial charge in [0, 0.05) is 18.5 Å². The minimum absolute atomic E-state index is 0.0193. The van der Waals surface area contributed by atoms with Crippen molar-refractivity contribution < 1.29 is 22.7 Å². The molecule has 0 radical (unpaired) electrons. The van der Waals surface area contributed by atoms with Gasteiger partial charge >= 0.3 is 6.18 Å². The van der Waals surface area contributed by atoms with Crippen LogP contribution >= 0.6 is 15.9 Å². The molecule has 90 valence electrons. The first-order valence-corrected chi connectivity index (χ1v) is 5.51. The van der Waals surface area contributed by atoms with Crippen LogP contribution in [0.4, 0.5) is 13.2 Å². The normalized spacial score (nSPS) is 11.5. The molecule has 7 heteroatoms. The third-order valence-electron chi connectivity index (χ3n) is 1.51. The van der Waals surface area contributed by atoms with E-state index in [1.807, 2.05) is 0 Å². The lowest BCUT2D eigenvalue weighted by Crippen LogP contribution is -2.41. The molecule has 0 saturated carbocycles.